The number of thiazole rings is 1. The van der Waals surface area contributed by atoms with Crippen molar-refractivity contribution in [1.82, 2.24) is 19.4 Å². The first-order chi connectivity index (χ1) is 15.0. The normalized spacial score (nSPS) is 15.1. The average molecular weight is 455 g/mol. The fourth-order valence-corrected chi connectivity index (χ4v) is 5.39. The zero-order chi connectivity index (χ0) is 21.5. The molecule has 1 fully saturated rings. The summed E-state index contributed by atoms with van der Waals surface area (Å²) in [4.78, 5) is 46.1. The number of piperidine rings is 1. The summed E-state index contributed by atoms with van der Waals surface area (Å²) in [5, 5.41) is 2.14. The van der Waals surface area contributed by atoms with Crippen molar-refractivity contribution in [2.75, 3.05) is 13.1 Å². The van der Waals surface area contributed by atoms with Crippen molar-refractivity contribution in [3.8, 4) is 0 Å². The zero-order valence-corrected chi connectivity index (χ0v) is 18.1. The summed E-state index contributed by atoms with van der Waals surface area (Å²) < 4.78 is 2.45. The smallest absolute Gasteiger partial charge is 0.329 e. The van der Waals surface area contributed by atoms with Gasteiger partial charge in [-0.25, -0.2) is 9.78 Å². The highest BCUT2D eigenvalue weighted by molar-refractivity contribution is 7.18. The fraction of sp³-hybridized carbons (Fsp3) is 0.273. The van der Waals surface area contributed by atoms with Crippen LogP contribution in [0.15, 0.2) is 52.1 Å². The van der Waals surface area contributed by atoms with Gasteiger partial charge >= 0.3 is 5.69 Å². The molecule has 1 amide bonds. The van der Waals surface area contributed by atoms with Gasteiger partial charge in [-0.2, -0.15) is 0 Å². The van der Waals surface area contributed by atoms with E-state index in [4.69, 9.17) is 16.6 Å². The molecule has 9 heteroatoms. The number of rotatable bonds is 3. The molecule has 7 nitrogen and oxygen atoms in total. The molecule has 0 radical (unpaired) electrons. The number of carbonyl (C=O) groups excluding carboxylic acids is 1. The van der Waals surface area contributed by atoms with Crippen LogP contribution in [0.5, 0.6) is 0 Å². The van der Waals surface area contributed by atoms with Crippen molar-refractivity contribution in [2.24, 2.45) is 0 Å². The summed E-state index contributed by atoms with van der Waals surface area (Å²) in [6.07, 6.45) is 1.64. The number of benzene rings is 2. The monoisotopic (exact) mass is 454 g/mol. The summed E-state index contributed by atoms with van der Waals surface area (Å²) in [6.45, 7) is 1.12. The van der Waals surface area contributed by atoms with Crippen molar-refractivity contribution in [3.63, 3.8) is 0 Å². The van der Waals surface area contributed by atoms with E-state index in [2.05, 4.69) is 4.98 Å². The van der Waals surface area contributed by atoms with E-state index >= 15 is 0 Å². The number of hydrogen-bond acceptors (Lipinski definition) is 5. The second-order valence-corrected chi connectivity index (χ2v) is 9.18. The number of nitrogens with one attached hydrogen (secondary N) is 1. The number of carbonyl (C=O) groups is 1. The minimum absolute atomic E-state index is 0.0968. The minimum Gasteiger partial charge on any atom is -0.341 e. The molecule has 0 unspecified atom stereocenters. The van der Waals surface area contributed by atoms with Gasteiger partial charge in [0.05, 0.1) is 26.1 Å². The molecular weight excluding hydrogens is 436 g/mol. The van der Waals surface area contributed by atoms with Gasteiger partial charge in [0, 0.05) is 24.0 Å². The molecule has 1 aliphatic heterocycles. The molecule has 0 saturated carbocycles. The van der Waals surface area contributed by atoms with Crippen LogP contribution < -0.4 is 11.2 Å². The Hall–Kier alpha value is -2.97. The van der Waals surface area contributed by atoms with Crippen LogP contribution in [0.1, 0.15) is 23.8 Å². The Kier molecular flexibility index (Phi) is 5.11. The van der Waals surface area contributed by atoms with Gasteiger partial charge in [0.1, 0.15) is 6.54 Å². The molecule has 0 aliphatic carbocycles. The molecule has 31 heavy (non-hydrogen) atoms. The Morgan fingerprint density at radius 3 is 2.74 bits per heavy atom. The molecular formula is C22H19ClN4O3S. The number of H-pyrrole nitrogens is 1. The van der Waals surface area contributed by atoms with Crippen LogP contribution in [-0.4, -0.2) is 38.4 Å². The lowest BCUT2D eigenvalue weighted by molar-refractivity contribution is -0.132. The van der Waals surface area contributed by atoms with Crippen molar-refractivity contribution >= 4 is 50.0 Å². The first-order valence-corrected chi connectivity index (χ1v) is 11.2. The molecule has 0 atom stereocenters. The number of para-hydroxylation sites is 1. The lowest BCUT2D eigenvalue weighted by Gasteiger charge is -2.31. The highest BCUT2D eigenvalue weighted by Gasteiger charge is 2.26. The van der Waals surface area contributed by atoms with E-state index in [9.17, 15) is 14.4 Å². The van der Waals surface area contributed by atoms with Crippen molar-refractivity contribution < 1.29 is 4.79 Å². The van der Waals surface area contributed by atoms with Gasteiger partial charge in [0.2, 0.25) is 5.91 Å². The Bertz CT molecular complexity index is 1420. The minimum atomic E-state index is -0.569. The van der Waals surface area contributed by atoms with Crippen LogP contribution in [0.4, 0.5) is 0 Å². The Balaban J connectivity index is 1.31. The second kappa shape index (κ2) is 7.94. The number of amides is 1. The predicted octanol–water partition coefficient (Wildman–Crippen LogP) is 3.36. The van der Waals surface area contributed by atoms with E-state index in [-0.39, 0.29) is 12.5 Å². The molecule has 3 heterocycles. The van der Waals surface area contributed by atoms with E-state index in [0.717, 1.165) is 28.1 Å². The average Bonchev–Trinajstić information content (AvgIpc) is 3.20. The molecule has 0 bridgehead atoms. The van der Waals surface area contributed by atoms with E-state index in [0.29, 0.717) is 34.9 Å². The third-order valence-corrected chi connectivity index (χ3v) is 7.20. The maximum atomic E-state index is 12.9. The highest BCUT2D eigenvalue weighted by atomic mass is 35.5. The van der Waals surface area contributed by atoms with Crippen LogP contribution in [0.3, 0.4) is 0 Å². The predicted molar refractivity (Wildman–Crippen MR) is 122 cm³/mol. The van der Waals surface area contributed by atoms with Crippen LogP contribution >= 0.6 is 22.9 Å². The summed E-state index contributed by atoms with van der Waals surface area (Å²) >= 11 is 7.74. The van der Waals surface area contributed by atoms with Gasteiger partial charge < -0.3 is 4.90 Å². The van der Waals surface area contributed by atoms with Gasteiger partial charge in [0.15, 0.2) is 0 Å². The number of aromatic nitrogens is 3. The summed E-state index contributed by atoms with van der Waals surface area (Å²) in [5.41, 5.74) is 0.366. The number of likely N-dealkylation sites (tertiary alicyclic amines) is 1. The van der Waals surface area contributed by atoms with Crippen LogP contribution in [0.25, 0.3) is 21.1 Å². The topological polar surface area (TPSA) is 88.1 Å². The van der Waals surface area contributed by atoms with E-state index in [1.165, 1.54) is 4.57 Å². The molecule has 2 aromatic carbocycles. The van der Waals surface area contributed by atoms with Gasteiger partial charge in [-0.3, -0.25) is 19.1 Å². The standard InChI is InChI=1S/C22H19ClN4O3S/c23-14-5-6-18-16(11-14)24-21(31-18)13-7-9-26(10-8-13)19(28)12-27-17-4-2-1-3-15(17)20(29)25-22(27)30/h1-6,11,13H,7-10,12H2,(H,25,29,30). The summed E-state index contributed by atoms with van der Waals surface area (Å²) in [7, 11) is 0. The Labute approximate surface area is 185 Å². The molecule has 0 spiro atoms. The SMILES string of the molecule is O=C(Cn1c(=O)[nH]c(=O)c2ccccc21)N1CCC(c2nc3cc(Cl)ccc3s2)CC1. The van der Waals surface area contributed by atoms with Crippen LogP contribution in [0.2, 0.25) is 5.02 Å². The molecule has 1 N–H and O–H groups in total. The molecule has 158 valence electrons. The second-order valence-electron chi connectivity index (χ2n) is 7.68. The van der Waals surface area contributed by atoms with Crippen molar-refractivity contribution in [1.29, 1.82) is 0 Å². The third-order valence-electron chi connectivity index (χ3n) is 5.76. The van der Waals surface area contributed by atoms with Gasteiger partial charge in [-0.15, -0.1) is 11.3 Å². The highest BCUT2D eigenvalue weighted by Crippen LogP contribution is 2.34. The number of nitrogens with zero attached hydrogens (tertiary/aromatic N) is 3. The van der Waals surface area contributed by atoms with Gasteiger partial charge in [0.25, 0.3) is 5.56 Å². The Morgan fingerprint density at radius 2 is 1.94 bits per heavy atom. The summed E-state index contributed by atoms with van der Waals surface area (Å²) in [5.74, 6) is 0.172. The van der Waals surface area contributed by atoms with Gasteiger partial charge in [-0.05, 0) is 43.2 Å². The number of fused-ring (bicyclic) bond motifs is 2. The fourth-order valence-electron chi connectivity index (χ4n) is 4.10. The van der Waals surface area contributed by atoms with Crippen molar-refractivity contribution in [3.05, 3.63) is 73.3 Å². The first kappa shape index (κ1) is 20.0. The molecule has 2 aromatic heterocycles. The lowest BCUT2D eigenvalue weighted by atomic mass is 9.97. The lowest BCUT2D eigenvalue weighted by Crippen LogP contribution is -2.42. The Morgan fingerprint density at radius 1 is 1.16 bits per heavy atom. The quantitative estimate of drug-likeness (QED) is 0.514. The molecule has 1 aliphatic rings. The zero-order valence-electron chi connectivity index (χ0n) is 16.5. The number of aromatic amines is 1. The maximum absolute atomic E-state index is 12.9. The van der Waals surface area contributed by atoms with Crippen LogP contribution in [0, 0.1) is 0 Å². The van der Waals surface area contributed by atoms with Crippen LogP contribution in [-0.2, 0) is 11.3 Å². The maximum Gasteiger partial charge on any atom is 0.329 e. The third kappa shape index (κ3) is 3.77. The molecule has 5 rings (SSSR count). The first-order valence-electron chi connectivity index (χ1n) is 10.1. The van der Waals surface area contributed by atoms with Crippen molar-refractivity contribution in [2.45, 2.75) is 25.3 Å². The molecule has 1 saturated heterocycles. The van der Waals surface area contributed by atoms with Gasteiger partial charge in [-0.1, -0.05) is 23.7 Å². The number of hydrogen-bond donors (Lipinski definition) is 1. The number of halogens is 1. The molecule has 4 aromatic rings. The largest absolute Gasteiger partial charge is 0.341 e. The van der Waals surface area contributed by atoms with E-state index in [1.54, 1.807) is 40.5 Å². The van der Waals surface area contributed by atoms with E-state index < -0.39 is 11.2 Å². The summed E-state index contributed by atoms with van der Waals surface area (Å²) in [6, 6.07) is 12.5. The van der Waals surface area contributed by atoms with E-state index in [1.807, 2.05) is 18.2 Å².